The van der Waals surface area contributed by atoms with Crippen LogP contribution in [0.4, 0.5) is 19.0 Å². The molecule has 10 heteroatoms. The van der Waals surface area contributed by atoms with Gasteiger partial charge < -0.3 is 10.4 Å². The summed E-state index contributed by atoms with van der Waals surface area (Å²) in [5.41, 5.74) is 0.485. The Kier molecular flexibility index (Phi) is 6.46. The molecule has 2 aromatic heterocycles. The summed E-state index contributed by atoms with van der Waals surface area (Å²) in [6, 6.07) is 6.67. The van der Waals surface area contributed by atoms with E-state index in [9.17, 15) is 18.0 Å². The number of aliphatic carboxylic acids is 1. The SMILES string of the molecule is O=C(Nc1ccc(Cl)cn1)c1cccnc1.O=C(O)C(F)(F)F. The zero-order chi connectivity index (χ0) is 17.5. The maximum absolute atomic E-state index is 11.7. The molecule has 6 nitrogen and oxygen atoms in total. The average molecular weight is 348 g/mol. The van der Waals surface area contributed by atoms with Gasteiger partial charge in [-0.25, -0.2) is 9.78 Å². The summed E-state index contributed by atoms with van der Waals surface area (Å²) >= 11 is 5.68. The first kappa shape index (κ1) is 18.4. The fourth-order valence-electron chi connectivity index (χ4n) is 1.14. The summed E-state index contributed by atoms with van der Waals surface area (Å²) in [5.74, 6) is -2.55. The van der Waals surface area contributed by atoms with E-state index in [1.54, 1.807) is 30.5 Å². The van der Waals surface area contributed by atoms with Crippen molar-refractivity contribution in [3.63, 3.8) is 0 Å². The lowest BCUT2D eigenvalue weighted by molar-refractivity contribution is -0.192. The molecule has 1 amide bonds. The minimum Gasteiger partial charge on any atom is -0.475 e. The van der Waals surface area contributed by atoms with E-state index >= 15 is 0 Å². The van der Waals surface area contributed by atoms with Crippen LogP contribution in [0.1, 0.15) is 10.4 Å². The maximum atomic E-state index is 11.7. The van der Waals surface area contributed by atoms with Crippen LogP contribution < -0.4 is 5.32 Å². The van der Waals surface area contributed by atoms with Gasteiger partial charge >= 0.3 is 12.1 Å². The number of hydrogen-bond donors (Lipinski definition) is 2. The van der Waals surface area contributed by atoms with Crippen molar-refractivity contribution in [2.45, 2.75) is 6.18 Å². The van der Waals surface area contributed by atoms with Gasteiger partial charge in [0, 0.05) is 18.6 Å². The molecule has 0 unspecified atom stereocenters. The second-order valence-corrected chi connectivity index (χ2v) is 4.30. The highest BCUT2D eigenvalue weighted by molar-refractivity contribution is 6.30. The summed E-state index contributed by atoms with van der Waals surface area (Å²) < 4.78 is 31.7. The van der Waals surface area contributed by atoms with Crippen molar-refractivity contribution < 1.29 is 27.9 Å². The summed E-state index contributed by atoms with van der Waals surface area (Å²) in [7, 11) is 0. The van der Waals surface area contributed by atoms with Crippen LogP contribution in [0.15, 0.2) is 42.9 Å². The van der Waals surface area contributed by atoms with Crippen LogP contribution in [-0.4, -0.2) is 33.1 Å². The van der Waals surface area contributed by atoms with Crippen molar-refractivity contribution in [3.05, 3.63) is 53.4 Å². The second kappa shape index (κ2) is 8.08. The lowest BCUT2D eigenvalue weighted by Gasteiger charge is -2.03. The molecule has 0 aliphatic rings. The number of rotatable bonds is 2. The topological polar surface area (TPSA) is 92.2 Å². The standard InChI is InChI=1S/C11H8ClN3O.C2HF3O2/c12-9-3-4-10(14-7-9)15-11(16)8-2-1-5-13-6-8;3-2(4,5)1(6)7/h1-7H,(H,14,15,16);(H,6,7). The predicted octanol–water partition coefficient (Wildman–Crippen LogP) is 3.02. The minimum absolute atomic E-state index is 0.247. The molecule has 0 saturated heterocycles. The maximum Gasteiger partial charge on any atom is 0.490 e. The van der Waals surface area contributed by atoms with Crippen LogP contribution in [-0.2, 0) is 4.79 Å². The Balaban J connectivity index is 0.000000322. The minimum atomic E-state index is -5.08. The van der Waals surface area contributed by atoms with E-state index in [1.165, 1.54) is 12.4 Å². The Labute approximate surface area is 132 Å². The van der Waals surface area contributed by atoms with Crippen LogP contribution in [0.25, 0.3) is 0 Å². The van der Waals surface area contributed by atoms with Crippen LogP contribution in [0.5, 0.6) is 0 Å². The molecule has 2 heterocycles. The lowest BCUT2D eigenvalue weighted by atomic mass is 10.3. The van der Waals surface area contributed by atoms with E-state index in [-0.39, 0.29) is 5.91 Å². The number of anilines is 1. The van der Waals surface area contributed by atoms with Gasteiger partial charge in [-0.3, -0.25) is 9.78 Å². The normalized spacial score (nSPS) is 10.3. The van der Waals surface area contributed by atoms with Crippen molar-refractivity contribution in [1.29, 1.82) is 0 Å². The number of carboxylic acid groups (broad SMARTS) is 1. The highest BCUT2D eigenvalue weighted by atomic mass is 35.5. The third kappa shape index (κ3) is 6.74. The van der Waals surface area contributed by atoms with Gasteiger partial charge in [0.2, 0.25) is 0 Å². The van der Waals surface area contributed by atoms with Gasteiger partial charge in [0.25, 0.3) is 5.91 Å². The largest absolute Gasteiger partial charge is 0.490 e. The van der Waals surface area contributed by atoms with Crippen molar-refractivity contribution in [1.82, 2.24) is 9.97 Å². The zero-order valence-corrected chi connectivity index (χ0v) is 12.0. The second-order valence-electron chi connectivity index (χ2n) is 3.86. The van der Waals surface area contributed by atoms with E-state index in [4.69, 9.17) is 21.5 Å². The summed E-state index contributed by atoms with van der Waals surface area (Å²) in [6.07, 6.45) is -0.511. The summed E-state index contributed by atoms with van der Waals surface area (Å²) in [5, 5.41) is 10.3. The molecular weight excluding hydrogens is 339 g/mol. The Morgan fingerprint density at radius 3 is 2.26 bits per heavy atom. The van der Waals surface area contributed by atoms with E-state index < -0.39 is 12.1 Å². The molecule has 122 valence electrons. The van der Waals surface area contributed by atoms with Crippen LogP contribution >= 0.6 is 11.6 Å². The summed E-state index contributed by atoms with van der Waals surface area (Å²) in [4.78, 5) is 28.4. The van der Waals surface area contributed by atoms with Gasteiger partial charge in [-0.05, 0) is 24.3 Å². The van der Waals surface area contributed by atoms with E-state index in [2.05, 4.69) is 15.3 Å². The Morgan fingerprint density at radius 2 is 1.83 bits per heavy atom. The number of hydrogen-bond acceptors (Lipinski definition) is 4. The Hall–Kier alpha value is -2.68. The fourth-order valence-corrected chi connectivity index (χ4v) is 1.25. The Morgan fingerprint density at radius 1 is 1.17 bits per heavy atom. The van der Waals surface area contributed by atoms with Gasteiger partial charge in [-0.1, -0.05) is 11.6 Å². The van der Waals surface area contributed by atoms with Crippen molar-refractivity contribution in [2.75, 3.05) is 5.32 Å². The number of amides is 1. The number of carbonyl (C=O) groups is 2. The first-order valence-electron chi connectivity index (χ1n) is 5.83. The number of alkyl halides is 3. The van der Waals surface area contributed by atoms with Crippen LogP contribution in [0.3, 0.4) is 0 Å². The molecular formula is C13H9ClF3N3O3. The monoisotopic (exact) mass is 347 g/mol. The molecule has 2 N–H and O–H groups in total. The smallest absolute Gasteiger partial charge is 0.475 e. The summed E-state index contributed by atoms with van der Waals surface area (Å²) in [6.45, 7) is 0. The number of halogens is 4. The van der Waals surface area contributed by atoms with Crippen molar-refractivity contribution >= 4 is 29.3 Å². The van der Waals surface area contributed by atoms with Crippen LogP contribution in [0, 0.1) is 0 Å². The first-order chi connectivity index (χ1) is 10.7. The molecule has 0 fully saturated rings. The molecule has 0 radical (unpaired) electrons. The van der Waals surface area contributed by atoms with E-state index in [0.717, 1.165) is 0 Å². The van der Waals surface area contributed by atoms with Gasteiger partial charge in [0.05, 0.1) is 10.6 Å². The third-order valence-corrected chi connectivity index (χ3v) is 2.36. The zero-order valence-electron chi connectivity index (χ0n) is 11.2. The molecule has 0 aliphatic heterocycles. The molecule has 23 heavy (non-hydrogen) atoms. The molecule has 2 aromatic rings. The molecule has 0 spiro atoms. The first-order valence-corrected chi connectivity index (χ1v) is 6.21. The number of nitrogens with zero attached hydrogens (tertiary/aromatic N) is 2. The van der Waals surface area contributed by atoms with Crippen molar-refractivity contribution in [3.8, 4) is 0 Å². The highest BCUT2D eigenvalue weighted by Gasteiger charge is 2.38. The Bertz CT molecular complexity index is 664. The van der Waals surface area contributed by atoms with Gasteiger partial charge in [0.15, 0.2) is 0 Å². The van der Waals surface area contributed by atoms with Gasteiger partial charge in [-0.2, -0.15) is 13.2 Å². The number of nitrogens with one attached hydrogen (secondary N) is 1. The predicted molar refractivity (Wildman–Crippen MR) is 75.1 cm³/mol. The molecule has 0 bridgehead atoms. The number of pyridine rings is 2. The molecule has 0 aliphatic carbocycles. The molecule has 0 aromatic carbocycles. The highest BCUT2D eigenvalue weighted by Crippen LogP contribution is 2.13. The van der Waals surface area contributed by atoms with Crippen LogP contribution in [0.2, 0.25) is 5.02 Å². The van der Waals surface area contributed by atoms with E-state index in [1.807, 2.05) is 0 Å². The van der Waals surface area contributed by atoms with E-state index in [0.29, 0.717) is 16.4 Å². The lowest BCUT2D eigenvalue weighted by Crippen LogP contribution is -2.21. The molecule has 2 rings (SSSR count). The van der Waals surface area contributed by atoms with Gasteiger partial charge in [-0.15, -0.1) is 0 Å². The van der Waals surface area contributed by atoms with Gasteiger partial charge in [0.1, 0.15) is 5.82 Å². The molecule has 0 saturated carbocycles. The number of carboxylic acids is 1. The average Bonchev–Trinajstić information content (AvgIpc) is 2.50. The number of aromatic nitrogens is 2. The number of carbonyl (C=O) groups excluding carboxylic acids is 1. The fraction of sp³-hybridized carbons (Fsp3) is 0.0769. The quantitative estimate of drug-likeness (QED) is 0.871. The molecule has 0 atom stereocenters. The van der Waals surface area contributed by atoms with Crippen molar-refractivity contribution in [2.24, 2.45) is 0 Å². The third-order valence-electron chi connectivity index (χ3n) is 2.14.